The molecule has 4 heteroatoms. The molecule has 3 nitrogen and oxygen atoms in total. The summed E-state index contributed by atoms with van der Waals surface area (Å²) in [5, 5.41) is 4.89. The Morgan fingerprint density at radius 3 is 3.08 bits per heavy atom. The molecule has 1 fully saturated rings. The lowest BCUT2D eigenvalue weighted by molar-refractivity contribution is 0.379. The van der Waals surface area contributed by atoms with Crippen molar-refractivity contribution >= 4 is 11.6 Å². The van der Waals surface area contributed by atoms with Crippen LogP contribution >= 0.6 is 11.6 Å². The normalized spacial score (nSPS) is 21.3. The van der Waals surface area contributed by atoms with Crippen LogP contribution in [0.1, 0.15) is 12.1 Å². The Bertz CT molecular complexity index is 281. The summed E-state index contributed by atoms with van der Waals surface area (Å²) in [6, 6.07) is 0. The second-order valence-electron chi connectivity index (χ2n) is 3.05. The van der Waals surface area contributed by atoms with Crippen molar-refractivity contribution in [3.63, 3.8) is 0 Å². The van der Waals surface area contributed by atoms with Gasteiger partial charge < -0.3 is 4.74 Å². The molecule has 1 unspecified atom stereocenters. The minimum Gasteiger partial charge on any atom is -0.373 e. The van der Waals surface area contributed by atoms with Gasteiger partial charge in [0.05, 0.1) is 29.6 Å². The van der Waals surface area contributed by atoms with E-state index in [1.165, 1.54) is 0 Å². The van der Waals surface area contributed by atoms with Crippen LogP contribution in [0.15, 0.2) is 6.20 Å². The molecule has 1 aliphatic heterocycles. The van der Waals surface area contributed by atoms with Gasteiger partial charge in [-0.25, -0.2) is 0 Å². The molecule has 0 aliphatic carbocycles. The van der Waals surface area contributed by atoms with Crippen molar-refractivity contribution in [1.82, 2.24) is 9.78 Å². The molecule has 0 aromatic carbocycles. The predicted octanol–water partition coefficient (Wildman–Crippen LogP) is 1.63. The topological polar surface area (TPSA) is 30.4 Å². The third-order valence-electron chi connectivity index (χ3n) is 2.11. The van der Waals surface area contributed by atoms with Crippen LogP contribution in [0.5, 0.6) is 0 Å². The quantitative estimate of drug-likeness (QED) is 0.672. The summed E-state index contributed by atoms with van der Waals surface area (Å²) in [7, 11) is 0. The number of hydrogen-bond acceptors (Lipinski definition) is 2. The van der Waals surface area contributed by atoms with Gasteiger partial charge in [-0.15, -0.1) is 0 Å². The molecule has 1 saturated heterocycles. The maximum Gasteiger partial charge on any atom is 0.0827 e. The van der Waals surface area contributed by atoms with E-state index in [1.807, 2.05) is 11.6 Å². The standard InChI is InChI=1S/C8H11ClN2O/c1-6-8(9)4-10-11(6)3-2-7-5-12-7/h4,7H,2-3,5H2,1H3. The first-order chi connectivity index (χ1) is 5.77. The second-order valence-corrected chi connectivity index (χ2v) is 3.45. The van der Waals surface area contributed by atoms with Crippen LogP contribution in [0.2, 0.25) is 5.02 Å². The molecule has 0 N–H and O–H groups in total. The molecule has 1 atom stereocenters. The molecule has 2 heterocycles. The Kier molecular flexibility index (Phi) is 2.07. The Morgan fingerprint density at radius 2 is 2.58 bits per heavy atom. The SMILES string of the molecule is Cc1c(Cl)cnn1CCC1CO1. The first-order valence-corrected chi connectivity index (χ1v) is 4.44. The van der Waals surface area contributed by atoms with E-state index in [-0.39, 0.29) is 0 Å². The van der Waals surface area contributed by atoms with E-state index in [2.05, 4.69) is 5.10 Å². The molecule has 1 aromatic rings. The monoisotopic (exact) mass is 186 g/mol. The number of nitrogens with zero attached hydrogens (tertiary/aromatic N) is 2. The van der Waals surface area contributed by atoms with Crippen molar-refractivity contribution in [1.29, 1.82) is 0 Å². The second kappa shape index (κ2) is 3.07. The molecular formula is C8H11ClN2O. The van der Waals surface area contributed by atoms with E-state index < -0.39 is 0 Å². The van der Waals surface area contributed by atoms with Gasteiger partial charge in [0.15, 0.2) is 0 Å². The van der Waals surface area contributed by atoms with Crippen LogP contribution in [-0.4, -0.2) is 22.5 Å². The summed E-state index contributed by atoms with van der Waals surface area (Å²) < 4.78 is 7.02. The summed E-state index contributed by atoms with van der Waals surface area (Å²) in [5.41, 5.74) is 1.04. The highest BCUT2D eigenvalue weighted by Crippen LogP contribution is 2.17. The summed E-state index contributed by atoms with van der Waals surface area (Å²) in [6.07, 6.45) is 3.19. The smallest absolute Gasteiger partial charge is 0.0827 e. The lowest BCUT2D eigenvalue weighted by Gasteiger charge is -2.01. The molecule has 0 spiro atoms. The van der Waals surface area contributed by atoms with Gasteiger partial charge in [0.1, 0.15) is 0 Å². The van der Waals surface area contributed by atoms with Crippen molar-refractivity contribution in [2.24, 2.45) is 0 Å². The maximum absolute atomic E-state index is 5.85. The number of ether oxygens (including phenoxy) is 1. The zero-order valence-electron chi connectivity index (χ0n) is 6.96. The molecule has 0 saturated carbocycles. The Morgan fingerprint density at radius 1 is 1.83 bits per heavy atom. The van der Waals surface area contributed by atoms with Crippen molar-refractivity contribution in [2.45, 2.75) is 26.0 Å². The van der Waals surface area contributed by atoms with Crippen molar-refractivity contribution < 1.29 is 4.74 Å². The van der Waals surface area contributed by atoms with Gasteiger partial charge in [-0.1, -0.05) is 11.6 Å². The van der Waals surface area contributed by atoms with Gasteiger partial charge in [0.25, 0.3) is 0 Å². The zero-order chi connectivity index (χ0) is 8.55. The number of aryl methyl sites for hydroxylation is 1. The molecule has 0 radical (unpaired) electrons. The van der Waals surface area contributed by atoms with Crippen LogP contribution in [0.4, 0.5) is 0 Å². The first kappa shape index (κ1) is 8.08. The van der Waals surface area contributed by atoms with E-state index in [0.717, 1.165) is 30.3 Å². The number of aromatic nitrogens is 2. The Hall–Kier alpha value is -0.540. The fourth-order valence-corrected chi connectivity index (χ4v) is 1.29. The summed E-state index contributed by atoms with van der Waals surface area (Å²) >= 11 is 5.85. The van der Waals surface area contributed by atoms with Crippen molar-refractivity contribution in [2.75, 3.05) is 6.61 Å². The molecular weight excluding hydrogens is 176 g/mol. The maximum atomic E-state index is 5.85. The van der Waals surface area contributed by atoms with E-state index in [9.17, 15) is 0 Å². The Labute approximate surface area is 76.3 Å². The summed E-state index contributed by atoms with van der Waals surface area (Å²) in [5.74, 6) is 0. The third kappa shape index (κ3) is 1.62. The highest BCUT2D eigenvalue weighted by Gasteiger charge is 2.22. The molecule has 1 aromatic heterocycles. The van der Waals surface area contributed by atoms with Crippen LogP contribution in [0, 0.1) is 6.92 Å². The molecule has 0 amide bonds. The molecule has 2 rings (SSSR count). The van der Waals surface area contributed by atoms with Crippen molar-refractivity contribution in [3.05, 3.63) is 16.9 Å². The van der Waals surface area contributed by atoms with E-state index in [1.54, 1.807) is 6.20 Å². The summed E-state index contributed by atoms with van der Waals surface area (Å²) in [6.45, 7) is 3.79. The number of epoxide rings is 1. The minimum absolute atomic E-state index is 0.465. The number of hydrogen-bond donors (Lipinski definition) is 0. The highest BCUT2D eigenvalue weighted by atomic mass is 35.5. The first-order valence-electron chi connectivity index (χ1n) is 4.07. The fraction of sp³-hybridized carbons (Fsp3) is 0.625. The van der Waals surface area contributed by atoms with Crippen LogP contribution in [-0.2, 0) is 11.3 Å². The highest BCUT2D eigenvalue weighted by molar-refractivity contribution is 6.31. The molecule has 12 heavy (non-hydrogen) atoms. The lowest BCUT2D eigenvalue weighted by atomic mass is 10.3. The molecule has 1 aliphatic rings. The van der Waals surface area contributed by atoms with Crippen LogP contribution in [0.25, 0.3) is 0 Å². The van der Waals surface area contributed by atoms with E-state index in [0.29, 0.717) is 6.10 Å². The lowest BCUT2D eigenvalue weighted by Crippen LogP contribution is -2.04. The van der Waals surface area contributed by atoms with Gasteiger partial charge in [-0.3, -0.25) is 4.68 Å². The Balaban J connectivity index is 1.96. The fourth-order valence-electron chi connectivity index (χ4n) is 1.15. The van der Waals surface area contributed by atoms with Gasteiger partial charge in [0.2, 0.25) is 0 Å². The third-order valence-corrected chi connectivity index (χ3v) is 2.48. The average molecular weight is 187 g/mol. The van der Waals surface area contributed by atoms with Crippen LogP contribution < -0.4 is 0 Å². The van der Waals surface area contributed by atoms with Crippen molar-refractivity contribution in [3.8, 4) is 0 Å². The molecule has 66 valence electrons. The van der Waals surface area contributed by atoms with E-state index in [4.69, 9.17) is 16.3 Å². The average Bonchev–Trinajstić information content (AvgIpc) is 2.82. The number of rotatable bonds is 3. The molecule has 0 bridgehead atoms. The van der Waals surface area contributed by atoms with E-state index >= 15 is 0 Å². The zero-order valence-corrected chi connectivity index (χ0v) is 7.71. The van der Waals surface area contributed by atoms with Crippen LogP contribution in [0.3, 0.4) is 0 Å². The summed E-state index contributed by atoms with van der Waals surface area (Å²) in [4.78, 5) is 0. The van der Waals surface area contributed by atoms with Gasteiger partial charge in [-0.2, -0.15) is 5.10 Å². The van der Waals surface area contributed by atoms with Gasteiger partial charge >= 0.3 is 0 Å². The predicted molar refractivity (Wildman–Crippen MR) is 46.3 cm³/mol. The largest absolute Gasteiger partial charge is 0.373 e. The minimum atomic E-state index is 0.465. The van der Waals surface area contributed by atoms with Gasteiger partial charge in [-0.05, 0) is 13.3 Å². The van der Waals surface area contributed by atoms with Gasteiger partial charge in [0, 0.05) is 6.54 Å². The number of halogens is 1.